The monoisotopic (exact) mass is 297 g/mol. The van der Waals surface area contributed by atoms with E-state index in [4.69, 9.17) is 5.73 Å². The normalized spacial score (nSPS) is 21.8. The summed E-state index contributed by atoms with van der Waals surface area (Å²) in [6.45, 7) is 13.7. The zero-order valence-electron chi connectivity index (χ0n) is 14.5. The van der Waals surface area contributed by atoms with E-state index in [1.165, 1.54) is 12.8 Å². The summed E-state index contributed by atoms with van der Waals surface area (Å²) in [5.41, 5.74) is 6.18. The van der Waals surface area contributed by atoms with Gasteiger partial charge in [-0.15, -0.1) is 0 Å². The van der Waals surface area contributed by atoms with Gasteiger partial charge in [-0.25, -0.2) is 0 Å². The van der Waals surface area contributed by atoms with Crippen molar-refractivity contribution >= 4 is 5.91 Å². The fourth-order valence-electron chi connectivity index (χ4n) is 3.17. The molecule has 0 aliphatic carbocycles. The molecule has 0 aromatic heterocycles. The molecule has 1 heterocycles. The van der Waals surface area contributed by atoms with E-state index < -0.39 is 0 Å². The number of hydrogen-bond acceptors (Lipinski definition) is 3. The Hall–Kier alpha value is -0.610. The predicted molar refractivity (Wildman–Crippen MR) is 89.2 cm³/mol. The summed E-state index contributed by atoms with van der Waals surface area (Å²) in [6, 6.07) is 0.214. The zero-order valence-corrected chi connectivity index (χ0v) is 14.5. The molecule has 21 heavy (non-hydrogen) atoms. The van der Waals surface area contributed by atoms with Gasteiger partial charge in [-0.3, -0.25) is 4.79 Å². The van der Waals surface area contributed by atoms with Crippen LogP contribution in [-0.4, -0.2) is 54.5 Å². The quantitative estimate of drug-likeness (QED) is 0.749. The van der Waals surface area contributed by atoms with Crippen molar-refractivity contribution in [3.63, 3.8) is 0 Å². The Labute approximate surface area is 131 Å². The standard InChI is InChI=1S/C17H35N3O/c1-5-10-19(11-6-2)12-7-8-16(21)20-13-9-15(18)17(3,4)14-20/h15H,5-14,18H2,1-4H3. The van der Waals surface area contributed by atoms with Gasteiger partial charge in [-0.2, -0.15) is 0 Å². The average Bonchev–Trinajstić information content (AvgIpc) is 2.42. The van der Waals surface area contributed by atoms with Crippen molar-refractivity contribution in [3.8, 4) is 0 Å². The number of piperidine rings is 1. The maximum Gasteiger partial charge on any atom is 0.222 e. The third-order valence-corrected chi connectivity index (χ3v) is 4.61. The van der Waals surface area contributed by atoms with Gasteiger partial charge >= 0.3 is 0 Å². The molecule has 0 aromatic carbocycles. The van der Waals surface area contributed by atoms with Gasteiger partial charge in [0.05, 0.1) is 0 Å². The van der Waals surface area contributed by atoms with Crippen molar-refractivity contribution in [2.45, 2.75) is 65.8 Å². The lowest BCUT2D eigenvalue weighted by Crippen LogP contribution is -2.54. The molecule has 0 bridgehead atoms. The van der Waals surface area contributed by atoms with Crippen LogP contribution in [0.3, 0.4) is 0 Å². The van der Waals surface area contributed by atoms with Crippen LogP contribution in [0.1, 0.15) is 59.8 Å². The molecule has 4 nitrogen and oxygen atoms in total. The molecule has 1 saturated heterocycles. The van der Waals surface area contributed by atoms with E-state index in [2.05, 4.69) is 32.6 Å². The lowest BCUT2D eigenvalue weighted by atomic mass is 9.79. The maximum absolute atomic E-state index is 12.4. The number of nitrogens with zero attached hydrogens (tertiary/aromatic N) is 2. The van der Waals surface area contributed by atoms with Crippen LogP contribution < -0.4 is 5.73 Å². The Balaban J connectivity index is 2.33. The minimum Gasteiger partial charge on any atom is -0.342 e. The molecule has 1 rings (SSSR count). The number of carbonyl (C=O) groups excluding carboxylic acids is 1. The van der Waals surface area contributed by atoms with Gasteiger partial charge < -0.3 is 15.5 Å². The topological polar surface area (TPSA) is 49.6 Å². The lowest BCUT2D eigenvalue weighted by Gasteiger charge is -2.42. The highest BCUT2D eigenvalue weighted by molar-refractivity contribution is 5.76. The van der Waals surface area contributed by atoms with Crippen molar-refractivity contribution in [3.05, 3.63) is 0 Å². The summed E-state index contributed by atoms with van der Waals surface area (Å²) in [7, 11) is 0. The Morgan fingerprint density at radius 3 is 2.38 bits per heavy atom. The summed E-state index contributed by atoms with van der Waals surface area (Å²) < 4.78 is 0. The molecule has 124 valence electrons. The lowest BCUT2D eigenvalue weighted by molar-refractivity contribution is -0.134. The van der Waals surface area contributed by atoms with Crippen LogP contribution in [0.5, 0.6) is 0 Å². The molecule has 0 spiro atoms. The fourth-order valence-corrected chi connectivity index (χ4v) is 3.17. The molecule has 4 heteroatoms. The number of rotatable bonds is 8. The van der Waals surface area contributed by atoms with Crippen LogP contribution in [-0.2, 0) is 4.79 Å². The number of carbonyl (C=O) groups is 1. The van der Waals surface area contributed by atoms with Crippen LogP contribution in [0, 0.1) is 5.41 Å². The minimum atomic E-state index is 0.0460. The van der Waals surface area contributed by atoms with E-state index in [9.17, 15) is 4.79 Å². The molecule has 1 amide bonds. The minimum absolute atomic E-state index is 0.0460. The highest BCUT2D eigenvalue weighted by Crippen LogP contribution is 2.28. The number of nitrogens with two attached hydrogens (primary N) is 1. The summed E-state index contributed by atoms with van der Waals surface area (Å²) >= 11 is 0. The van der Waals surface area contributed by atoms with E-state index in [1.54, 1.807) is 0 Å². The molecule has 1 fully saturated rings. The molecule has 0 aromatic rings. The summed E-state index contributed by atoms with van der Waals surface area (Å²) in [5.74, 6) is 0.308. The van der Waals surface area contributed by atoms with Gasteiger partial charge in [0.1, 0.15) is 0 Å². The average molecular weight is 297 g/mol. The van der Waals surface area contributed by atoms with Crippen molar-refractivity contribution in [1.82, 2.24) is 9.80 Å². The molecule has 1 aliphatic heterocycles. The third kappa shape index (κ3) is 5.95. The second-order valence-electron chi connectivity index (χ2n) is 7.14. The third-order valence-electron chi connectivity index (χ3n) is 4.61. The van der Waals surface area contributed by atoms with E-state index in [0.717, 1.165) is 45.6 Å². The Kier molecular flexibility index (Phi) is 7.67. The van der Waals surface area contributed by atoms with Crippen molar-refractivity contribution in [1.29, 1.82) is 0 Å². The Morgan fingerprint density at radius 2 is 1.86 bits per heavy atom. The van der Waals surface area contributed by atoms with E-state index in [-0.39, 0.29) is 11.5 Å². The van der Waals surface area contributed by atoms with Crippen molar-refractivity contribution in [2.75, 3.05) is 32.7 Å². The van der Waals surface area contributed by atoms with Gasteiger partial charge in [0.15, 0.2) is 0 Å². The highest BCUT2D eigenvalue weighted by atomic mass is 16.2. The van der Waals surface area contributed by atoms with E-state index in [1.807, 2.05) is 4.90 Å². The second-order valence-corrected chi connectivity index (χ2v) is 7.14. The van der Waals surface area contributed by atoms with E-state index in [0.29, 0.717) is 12.3 Å². The predicted octanol–water partition coefficient (Wildman–Crippen LogP) is 2.47. The molecule has 0 saturated carbocycles. The largest absolute Gasteiger partial charge is 0.342 e. The first-order chi connectivity index (χ1) is 9.90. The SMILES string of the molecule is CCCN(CCC)CCCC(=O)N1CCC(N)C(C)(C)C1. The first kappa shape index (κ1) is 18.4. The summed E-state index contributed by atoms with van der Waals surface area (Å²) in [4.78, 5) is 16.9. The first-order valence-electron chi connectivity index (χ1n) is 8.66. The molecule has 2 N–H and O–H groups in total. The van der Waals surface area contributed by atoms with Crippen LogP contribution in [0.2, 0.25) is 0 Å². The van der Waals surface area contributed by atoms with E-state index >= 15 is 0 Å². The van der Waals surface area contributed by atoms with Gasteiger partial charge in [0.25, 0.3) is 0 Å². The number of amides is 1. The van der Waals surface area contributed by atoms with Gasteiger partial charge in [-0.05, 0) is 50.7 Å². The van der Waals surface area contributed by atoms with Crippen LogP contribution in [0.25, 0.3) is 0 Å². The van der Waals surface area contributed by atoms with Crippen molar-refractivity contribution in [2.24, 2.45) is 11.1 Å². The first-order valence-corrected chi connectivity index (χ1v) is 8.66. The number of hydrogen-bond donors (Lipinski definition) is 1. The number of likely N-dealkylation sites (tertiary alicyclic amines) is 1. The van der Waals surface area contributed by atoms with Crippen LogP contribution >= 0.6 is 0 Å². The maximum atomic E-state index is 12.4. The Bertz CT molecular complexity index is 311. The molecule has 1 aliphatic rings. The van der Waals surface area contributed by atoms with Gasteiger partial charge in [-0.1, -0.05) is 27.7 Å². The molecule has 1 unspecified atom stereocenters. The summed E-state index contributed by atoms with van der Waals surface area (Å²) in [5, 5.41) is 0. The van der Waals surface area contributed by atoms with Crippen LogP contribution in [0.4, 0.5) is 0 Å². The fraction of sp³-hybridized carbons (Fsp3) is 0.941. The second kappa shape index (κ2) is 8.74. The smallest absolute Gasteiger partial charge is 0.222 e. The molecule has 0 radical (unpaired) electrons. The van der Waals surface area contributed by atoms with Crippen LogP contribution in [0.15, 0.2) is 0 Å². The molecule has 1 atom stereocenters. The van der Waals surface area contributed by atoms with Gasteiger partial charge in [0, 0.05) is 25.6 Å². The highest BCUT2D eigenvalue weighted by Gasteiger charge is 2.34. The molecular formula is C17H35N3O. The molecular weight excluding hydrogens is 262 g/mol. The summed E-state index contributed by atoms with van der Waals surface area (Å²) in [6.07, 6.45) is 4.95. The van der Waals surface area contributed by atoms with Gasteiger partial charge in [0.2, 0.25) is 5.91 Å². The van der Waals surface area contributed by atoms with Crippen molar-refractivity contribution < 1.29 is 4.79 Å². The zero-order chi connectivity index (χ0) is 15.9. The Morgan fingerprint density at radius 1 is 1.24 bits per heavy atom.